The minimum Gasteiger partial charge on any atom is -0.481 e. The lowest BCUT2D eigenvalue weighted by Gasteiger charge is -2.23. The Morgan fingerprint density at radius 2 is 1.40 bits per heavy atom. The van der Waals surface area contributed by atoms with Crippen molar-refractivity contribution < 1.29 is 37.4 Å². The molecule has 0 saturated carbocycles. The highest BCUT2D eigenvalue weighted by molar-refractivity contribution is 5.94. The first kappa shape index (κ1) is 30.0. The Morgan fingerprint density at radius 3 is 1.90 bits per heavy atom. The first-order valence-corrected chi connectivity index (χ1v) is 12.3. The Kier molecular flexibility index (Phi) is 9.41. The van der Waals surface area contributed by atoms with Gasteiger partial charge in [-0.1, -0.05) is 57.2 Å². The predicted octanol–water partition coefficient (Wildman–Crippen LogP) is 6.00. The van der Waals surface area contributed by atoms with Crippen molar-refractivity contribution in [1.82, 2.24) is 10.6 Å². The summed E-state index contributed by atoms with van der Waals surface area (Å²) in [5.41, 5.74) is 3.00. The second-order valence-corrected chi connectivity index (χ2v) is 10.00. The Balaban J connectivity index is 1.80. The number of carboxylic acid groups (broad SMARTS) is 1. The van der Waals surface area contributed by atoms with Crippen LogP contribution in [0.3, 0.4) is 0 Å². The fraction of sp³-hybridized carbons (Fsp3) is 0.276. The van der Waals surface area contributed by atoms with Crippen molar-refractivity contribution in [2.45, 2.75) is 45.0 Å². The summed E-state index contributed by atoms with van der Waals surface area (Å²) in [6.07, 6.45) is -5.02. The van der Waals surface area contributed by atoms with Crippen LogP contribution in [0.15, 0.2) is 72.8 Å². The van der Waals surface area contributed by atoms with Gasteiger partial charge in [0.2, 0.25) is 0 Å². The average molecular weight is 558 g/mol. The SMILES string of the molecule is CC(C)(C)c1ccc(C(NC(=O)Nc2ccc(OC(F)(F)F)cc2)c2ccc(C(=O)NCCC(=O)O)cc2)cc1. The lowest BCUT2D eigenvalue weighted by molar-refractivity contribution is -0.274. The molecule has 40 heavy (non-hydrogen) atoms. The van der Waals surface area contributed by atoms with Crippen molar-refractivity contribution in [1.29, 1.82) is 0 Å². The Hall–Kier alpha value is -4.54. The number of hydrogen-bond donors (Lipinski definition) is 4. The maximum absolute atomic E-state index is 12.9. The molecule has 3 rings (SSSR count). The van der Waals surface area contributed by atoms with Crippen LogP contribution < -0.4 is 20.7 Å². The number of nitrogens with one attached hydrogen (secondary N) is 3. The first-order chi connectivity index (χ1) is 18.7. The average Bonchev–Trinajstić information content (AvgIpc) is 2.87. The van der Waals surface area contributed by atoms with E-state index in [1.807, 2.05) is 24.3 Å². The maximum atomic E-state index is 12.9. The number of amides is 3. The van der Waals surface area contributed by atoms with E-state index in [4.69, 9.17) is 5.11 Å². The van der Waals surface area contributed by atoms with Crippen LogP contribution >= 0.6 is 0 Å². The van der Waals surface area contributed by atoms with Gasteiger partial charge in [0.15, 0.2) is 0 Å². The standard InChI is InChI=1S/C29H30F3N3O5/c1-28(2,3)21-10-8-19(9-11-21)25(18-4-6-20(7-5-18)26(38)33-17-16-24(36)37)35-27(39)34-22-12-14-23(15-13-22)40-29(30,31)32/h4-15,25H,16-17H2,1-3H3,(H,33,38)(H,36,37)(H2,34,35,39). The van der Waals surface area contributed by atoms with Gasteiger partial charge in [0.25, 0.3) is 5.91 Å². The molecule has 0 bridgehead atoms. The summed E-state index contributed by atoms with van der Waals surface area (Å²) in [4.78, 5) is 35.9. The van der Waals surface area contributed by atoms with Crippen molar-refractivity contribution in [3.8, 4) is 5.75 Å². The highest BCUT2D eigenvalue weighted by Gasteiger charge is 2.31. The van der Waals surface area contributed by atoms with Gasteiger partial charge in [-0.25, -0.2) is 4.79 Å². The lowest BCUT2D eigenvalue weighted by atomic mass is 9.85. The number of rotatable bonds is 9. The van der Waals surface area contributed by atoms with E-state index in [1.54, 1.807) is 24.3 Å². The molecule has 0 saturated heterocycles. The van der Waals surface area contributed by atoms with Gasteiger partial charge in [0, 0.05) is 17.8 Å². The number of alkyl halides is 3. The minimum atomic E-state index is -4.82. The molecule has 3 amide bonds. The normalized spacial score (nSPS) is 12.2. The van der Waals surface area contributed by atoms with Crippen LogP contribution in [0.5, 0.6) is 5.75 Å². The third-order valence-corrected chi connectivity index (χ3v) is 5.86. The molecular formula is C29H30F3N3O5. The van der Waals surface area contributed by atoms with E-state index in [2.05, 4.69) is 41.5 Å². The van der Waals surface area contributed by atoms with Crippen molar-refractivity contribution in [2.24, 2.45) is 0 Å². The van der Waals surface area contributed by atoms with Crippen LogP contribution in [0.25, 0.3) is 0 Å². The van der Waals surface area contributed by atoms with E-state index in [0.717, 1.165) is 23.3 Å². The van der Waals surface area contributed by atoms with Crippen LogP contribution in [0, 0.1) is 0 Å². The van der Waals surface area contributed by atoms with Crippen LogP contribution in [0.4, 0.5) is 23.7 Å². The van der Waals surface area contributed by atoms with Gasteiger partial charge in [0.05, 0.1) is 12.5 Å². The fourth-order valence-corrected chi connectivity index (χ4v) is 3.78. The molecule has 4 N–H and O–H groups in total. The molecule has 0 aliphatic rings. The highest BCUT2D eigenvalue weighted by atomic mass is 19.4. The maximum Gasteiger partial charge on any atom is 0.573 e. The smallest absolute Gasteiger partial charge is 0.481 e. The molecule has 0 radical (unpaired) electrons. The van der Waals surface area contributed by atoms with E-state index in [-0.39, 0.29) is 24.1 Å². The fourth-order valence-electron chi connectivity index (χ4n) is 3.78. The third-order valence-electron chi connectivity index (χ3n) is 5.86. The first-order valence-electron chi connectivity index (χ1n) is 12.3. The van der Waals surface area contributed by atoms with Crippen molar-refractivity contribution in [3.63, 3.8) is 0 Å². The summed E-state index contributed by atoms with van der Waals surface area (Å²) in [5.74, 6) is -1.87. The summed E-state index contributed by atoms with van der Waals surface area (Å²) in [5, 5.41) is 16.8. The number of halogens is 3. The van der Waals surface area contributed by atoms with E-state index >= 15 is 0 Å². The van der Waals surface area contributed by atoms with Crippen LogP contribution in [-0.4, -0.2) is 35.9 Å². The largest absolute Gasteiger partial charge is 0.573 e. The van der Waals surface area contributed by atoms with Gasteiger partial charge in [0.1, 0.15) is 5.75 Å². The van der Waals surface area contributed by atoms with Gasteiger partial charge >= 0.3 is 18.4 Å². The monoisotopic (exact) mass is 557 g/mol. The summed E-state index contributed by atoms with van der Waals surface area (Å²) in [6.45, 7) is 6.23. The number of aliphatic carboxylic acids is 1. The summed E-state index contributed by atoms with van der Waals surface area (Å²) >= 11 is 0. The highest BCUT2D eigenvalue weighted by Crippen LogP contribution is 2.28. The molecular weight excluding hydrogens is 527 g/mol. The number of ether oxygens (including phenoxy) is 1. The Morgan fingerprint density at radius 1 is 0.850 bits per heavy atom. The van der Waals surface area contributed by atoms with Gasteiger partial charge in [-0.2, -0.15) is 0 Å². The minimum absolute atomic E-state index is 0.0102. The second kappa shape index (κ2) is 12.5. The predicted molar refractivity (Wildman–Crippen MR) is 143 cm³/mol. The van der Waals surface area contributed by atoms with Gasteiger partial charge in [-0.15, -0.1) is 13.2 Å². The zero-order chi connectivity index (χ0) is 29.5. The molecule has 3 aromatic carbocycles. The molecule has 0 heterocycles. The summed E-state index contributed by atoms with van der Waals surface area (Å²) in [6, 6.07) is 17.7. The van der Waals surface area contributed by atoms with E-state index in [1.165, 1.54) is 12.1 Å². The second-order valence-electron chi connectivity index (χ2n) is 10.00. The van der Waals surface area contributed by atoms with Gasteiger partial charge < -0.3 is 25.8 Å². The third kappa shape index (κ3) is 9.04. The van der Waals surface area contributed by atoms with Crippen LogP contribution in [0.1, 0.15) is 60.3 Å². The lowest BCUT2D eigenvalue weighted by Crippen LogP contribution is -2.33. The summed E-state index contributed by atoms with van der Waals surface area (Å²) < 4.78 is 41.1. The van der Waals surface area contributed by atoms with Crippen LogP contribution in [0.2, 0.25) is 0 Å². The Bertz CT molecular complexity index is 1320. The Labute approximate surface area is 229 Å². The molecule has 0 aliphatic carbocycles. The van der Waals surface area contributed by atoms with Crippen molar-refractivity contribution in [2.75, 3.05) is 11.9 Å². The van der Waals surface area contributed by atoms with E-state index in [0.29, 0.717) is 11.1 Å². The van der Waals surface area contributed by atoms with Gasteiger partial charge in [-0.05, 0) is 58.5 Å². The molecule has 1 atom stereocenters. The number of benzene rings is 3. The molecule has 3 aromatic rings. The number of hydrogen-bond acceptors (Lipinski definition) is 4. The number of carboxylic acids is 1. The van der Waals surface area contributed by atoms with E-state index in [9.17, 15) is 27.6 Å². The quantitative estimate of drug-likeness (QED) is 0.258. The molecule has 212 valence electrons. The summed E-state index contributed by atoms with van der Waals surface area (Å²) in [7, 11) is 0. The molecule has 0 aliphatic heterocycles. The number of urea groups is 1. The zero-order valence-corrected chi connectivity index (χ0v) is 22.1. The molecule has 0 spiro atoms. The molecule has 11 heteroatoms. The number of carbonyl (C=O) groups excluding carboxylic acids is 2. The van der Waals surface area contributed by atoms with Crippen LogP contribution in [-0.2, 0) is 10.2 Å². The van der Waals surface area contributed by atoms with E-state index < -0.39 is 36.1 Å². The molecule has 0 aromatic heterocycles. The number of anilines is 1. The topological polar surface area (TPSA) is 117 Å². The molecule has 8 nitrogen and oxygen atoms in total. The zero-order valence-electron chi connectivity index (χ0n) is 22.1. The molecule has 1 unspecified atom stereocenters. The van der Waals surface area contributed by atoms with Crippen molar-refractivity contribution in [3.05, 3.63) is 95.1 Å². The molecule has 0 fully saturated rings. The number of carbonyl (C=O) groups is 3. The van der Waals surface area contributed by atoms with Gasteiger partial charge in [-0.3, -0.25) is 9.59 Å². The van der Waals surface area contributed by atoms with Crippen molar-refractivity contribution >= 4 is 23.6 Å².